The first-order chi connectivity index (χ1) is 21.2. The van der Waals surface area contributed by atoms with Gasteiger partial charge in [-0.3, -0.25) is 0 Å². The van der Waals surface area contributed by atoms with Crippen LogP contribution in [0, 0.1) is 5.92 Å². The topological polar surface area (TPSA) is 41.9 Å². The maximum atomic E-state index is 6.46. The van der Waals surface area contributed by atoms with E-state index < -0.39 is 36.6 Å². The average molecular weight is 607 g/mol. The van der Waals surface area contributed by atoms with Gasteiger partial charge in [-0.15, -0.1) is 0 Å². The summed E-state index contributed by atoms with van der Waals surface area (Å²) >= 11 is 0. The van der Waals surface area contributed by atoms with E-state index in [4.69, 9.17) is 18.6 Å². The second kappa shape index (κ2) is 11.6. The minimum atomic E-state index is -0.428. The Kier molecular flexibility index (Phi) is 8.34. The molecule has 1 aromatic heterocycles. The second-order valence-corrected chi connectivity index (χ2v) is 15.4. The van der Waals surface area contributed by atoms with Crippen molar-refractivity contribution in [1.82, 2.24) is 4.57 Å². The van der Waals surface area contributed by atoms with E-state index in [0.29, 0.717) is 0 Å². The zero-order valence-corrected chi connectivity index (χ0v) is 29.1. The molecular weight excluding hydrogens is 556 g/mol. The highest BCUT2D eigenvalue weighted by atomic mass is 16.7. The Morgan fingerprint density at radius 2 is 1.07 bits per heavy atom. The maximum Gasteiger partial charge on any atom is 0.494 e. The van der Waals surface area contributed by atoms with E-state index in [2.05, 4.69) is 134 Å². The SMILES string of the molecule is CCCCC(CC)Cc1ccc(-n2c3ccc(B4OC(C)(C)C(C)(C)O4)cc3c3cc(B4OC(C)(C)C(C)(C)O4)ccc32)cc1. The molecule has 45 heavy (non-hydrogen) atoms. The summed E-state index contributed by atoms with van der Waals surface area (Å²) in [5.41, 5.74) is 5.31. The summed E-state index contributed by atoms with van der Waals surface area (Å²) in [6, 6.07) is 22.4. The molecule has 0 amide bonds. The van der Waals surface area contributed by atoms with E-state index in [1.54, 1.807) is 0 Å². The fraction of sp³-hybridized carbons (Fsp3) is 0.526. The largest absolute Gasteiger partial charge is 0.494 e. The summed E-state index contributed by atoms with van der Waals surface area (Å²) in [4.78, 5) is 0. The molecule has 6 rings (SSSR count). The Labute approximate surface area is 271 Å². The van der Waals surface area contributed by atoms with E-state index in [9.17, 15) is 0 Å². The number of nitrogens with zero attached hydrogens (tertiary/aromatic N) is 1. The molecule has 7 heteroatoms. The first-order valence-corrected chi connectivity index (χ1v) is 17.0. The fourth-order valence-corrected chi connectivity index (χ4v) is 6.65. The lowest BCUT2D eigenvalue weighted by Crippen LogP contribution is -2.41. The lowest BCUT2D eigenvalue weighted by atomic mass is 9.77. The van der Waals surface area contributed by atoms with Gasteiger partial charge in [0.1, 0.15) is 0 Å². The van der Waals surface area contributed by atoms with Crippen LogP contribution in [0.15, 0.2) is 60.7 Å². The van der Waals surface area contributed by atoms with Gasteiger partial charge in [0.25, 0.3) is 0 Å². The molecule has 0 N–H and O–H groups in total. The Balaban J connectivity index is 1.44. The van der Waals surface area contributed by atoms with Crippen LogP contribution in [0.2, 0.25) is 0 Å². The Hall–Kier alpha value is -2.57. The molecule has 0 radical (unpaired) electrons. The molecule has 0 bridgehead atoms. The molecule has 1 unspecified atom stereocenters. The van der Waals surface area contributed by atoms with Gasteiger partial charge in [-0.25, -0.2) is 0 Å². The number of rotatable bonds is 9. The highest BCUT2D eigenvalue weighted by Gasteiger charge is 2.53. The van der Waals surface area contributed by atoms with Crippen LogP contribution in [0.4, 0.5) is 0 Å². The third-order valence-electron chi connectivity index (χ3n) is 11.1. The number of hydrogen-bond acceptors (Lipinski definition) is 4. The zero-order valence-electron chi connectivity index (χ0n) is 29.1. The van der Waals surface area contributed by atoms with Gasteiger partial charge in [-0.05, 0) is 108 Å². The average Bonchev–Trinajstić information content (AvgIpc) is 3.51. The molecule has 2 aliphatic heterocycles. The van der Waals surface area contributed by atoms with Crippen molar-refractivity contribution in [2.45, 2.75) is 124 Å². The minimum Gasteiger partial charge on any atom is -0.399 e. The molecule has 2 saturated heterocycles. The molecule has 0 saturated carbocycles. The van der Waals surface area contributed by atoms with Crippen molar-refractivity contribution in [3.8, 4) is 5.69 Å². The van der Waals surface area contributed by atoms with Gasteiger partial charge in [0.15, 0.2) is 0 Å². The summed E-state index contributed by atoms with van der Waals surface area (Å²) < 4.78 is 28.2. The van der Waals surface area contributed by atoms with Crippen LogP contribution >= 0.6 is 0 Å². The molecule has 0 spiro atoms. The van der Waals surface area contributed by atoms with Crippen molar-refractivity contribution in [2.75, 3.05) is 0 Å². The summed E-state index contributed by atoms with van der Waals surface area (Å²) in [5, 5.41) is 2.32. The molecule has 4 aromatic rings. The molecule has 3 aromatic carbocycles. The molecule has 1 atom stereocenters. The van der Waals surface area contributed by atoms with Crippen molar-refractivity contribution in [3.63, 3.8) is 0 Å². The molecule has 238 valence electrons. The minimum absolute atomic E-state index is 0.403. The van der Waals surface area contributed by atoms with Crippen molar-refractivity contribution in [1.29, 1.82) is 0 Å². The van der Waals surface area contributed by atoms with Gasteiger partial charge < -0.3 is 23.2 Å². The Bertz CT molecular complexity index is 1560. The molecule has 0 aliphatic carbocycles. The van der Waals surface area contributed by atoms with Gasteiger partial charge in [0.05, 0.1) is 33.4 Å². The number of benzene rings is 3. The van der Waals surface area contributed by atoms with Crippen LogP contribution in [-0.2, 0) is 25.0 Å². The number of aromatic nitrogens is 1. The van der Waals surface area contributed by atoms with E-state index in [1.807, 2.05) is 0 Å². The van der Waals surface area contributed by atoms with Crippen molar-refractivity contribution < 1.29 is 18.6 Å². The van der Waals surface area contributed by atoms with Crippen LogP contribution in [0.1, 0.15) is 100 Å². The van der Waals surface area contributed by atoms with Crippen LogP contribution in [-0.4, -0.2) is 41.2 Å². The Morgan fingerprint density at radius 3 is 1.47 bits per heavy atom. The van der Waals surface area contributed by atoms with Crippen LogP contribution in [0.5, 0.6) is 0 Å². The number of hydrogen-bond donors (Lipinski definition) is 0. The van der Waals surface area contributed by atoms with Crippen LogP contribution < -0.4 is 10.9 Å². The van der Waals surface area contributed by atoms with Crippen LogP contribution in [0.25, 0.3) is 27.5 Å². The van der Waals surface area contributed by atoms with E-state index in [0.717, 1.165) is 50.8 Å². The highest BCUT2D eigenvalue weighted by molar-refractivity contribution is 6.63. The van der Waals surface area contributed by atoms with Crippen molar-refractivity contribution >= 4 is 47.0 Å². The quantitative estimate of drug-likeness (QED) is 0.180. The van der Waals surface area contributed by atoms with Crippen molar-refractivity contribution in [3.05, 3.63) is 66.2 Å². The van der Waals surface area contributed by atoms with Gasteiger partial charge in [0.2, 0.25) is 0 Å². The Morgan fingerprint density at radius 1 is 0.622 bits per heavy atom. The molecule has 5 nitrogen and oxygen atoms in total. The van der Waals surface area contributed by atoms with Gasteiger partial charge in [-0.2, -0.15) is 0 Å². The molecule has 2 fully saturated rings. The predicted octanol–water partition coefficient (Wildman–Crippen LogP) is 8.14. The first kappa shape index (κ1) is 32.4. The molecular formula is C38H51B2NO4. The smallest absolute Gasteiger partial charge is 0.399 e. The van der Waals surface area contributed by atoms with Gasteiger partial charge in [0, 0.05) is 16.5 Å². The first-order valence-electron chi connectivity index (χ1n) is 17.0. The van der Waals surface area contributed by atoms with E-state index >= 15 is 0 Å². The van der Waals surface area contributed by atoms with Crippen LogP contribution in [0.3, 0.4) is 0 Å². The van der Waals surface area contributed by atoms with E-state index in [-0.39, 0.29) is 0 Å². The lowest BCUT2D eigenvalue weighted by Gasteiger charge is -2.32. The van der Waals surface area contributed by atoms with Crippen molar-refractivity contribution in [2.24, 2.45) is 5.92 Å². The summed E-state index contributed by atoms with van der Waals surface area (Å²) in [6.07, 6.45) is 6.23. The summed E-state index contributed by atoms with van der Waals surface area (Å²) in [6.45, 7) is 21.4. The zero-order chi connectivity index (χ0) is 32.4. The number of unbranched alkanes of at least 4 members (excludes halogenated alkanes) is 1. The number of fused-ring (bicyclic) bond motifs is 3. The third kappa shape index (κ3) is 5.79. The summed E-state index contributed by atoms with van der Waals surface area (Å²) in [5.74, 6) is 0.742. The second-order valence-electron chi connectivity index (χ2n) is 15.4. The molecule has 2 aliphatic rings. The standard InChI is InChI=1S/C38H51B2NO4/c1-11-13-14-26(12-2)23-27-15-19-30(20-16-27)41-33-21-17-28(39-42-35(3,4)36(5,6)43-39)24-31(33)32-25-29(18-22-34(32)41)40-44-37(7,8)38(9,10)45-40/h15-22,24-26H,11-14,23H2,1-10H3. The third-order valence-corrected chi connectivity index (χ3v) is 11.1. The maximum absolute atomic E-state index is 6.46. The lowest BCUT2D eigenvalue weighted by molar-refractivity contribution is 0.00578. The van der Waals surface area contributed by atoms with E-state index in [1.165, 1.54) is 31.2 Å². The fourth-order valence-electron chi connectivity index (χ4n) is 6.65. The summed E-state index contributed by atoms with van der Waals surface area (Å²) in [7, 11) is -0.856. The van der Waals surface area contributed by atoms with Gasteiger partial charge in [-0.1, -0.05) is 75.9 Å². The molecule has 3 heterocycles. The normalized spacial score (nSPS) is 20.8. The highest BCUT2D eigenvalue weighted by Crippen LogP contribution is 2.39. The van der Waals surface area contributed by atoms with Gasteiger partial charge >= 0.3 is 14.2 Å². The monoisotopic (exact) mass is 607 g/mol. The predicted molar refractivity (Wildman–Crippen MR) is 189 cm³/mol.